The second-order valence-electron chi connectivity index (χ2n) is 6.94. The molecule has 1 unspecified atom stereocenters. The first-order valence-corrected chi connectivity index (χ1v) is 9.84. The van der Waals surface area contributed by atoms with E-state index in [1.54, 1.807) is 0 Å². The number of amides is 1. The molecule has 1 fully saturated rings. The van der Waals surface area contributed by atoms with Gasteiger partial charge in [0.1, 0.15) is 17.5 Å². The van der Waals surface area contributed by atoms with Crippen LogP contribution in [0.15, 0.2) is 36.4 Å². The molecule has 1 saturated heterocycles. The summed E-state index contributed by atoms with van der Waals surface area (Å²) in [6, 6.07) is 11.9. The maximum absolute atomic E-state index is 12.5. The molecule has 1 aliphatic heterocycles. The Bertz CT molecular complexity index is 743. The Hall–Kier alpha value is -2.63. The molecule has 0 bridgehead atoms. The fourth-order valence-corrected chi connectivity index (χ4v) is 3.51. The molecular weight excluding hydrogens is 338 g/mol. The lowest BCUT2D eigenvalue weighted by Crippen LogP contribution is -2.33. The number of rotatable bonds is 8. The lowest BCUT2D eigenvalue weighted by atomic mass is 9.96. The molecule has 2 aromatic rings. The van der Waals surface area contributed by atoms with Crippen molar-refractivity contribution in [3.05, 3.63) is 47.8 Å². The first-order valence-electron chi connectivity index (χ1n) is 9.84. The zero-order valence-corrected chi connectivity index (χ0v) is 16.2. The van der Waals surface area contributed by atoms with Crippen LogP contribution in [-0.2, 0) is 4.79 Å². The molecule has 0 radical (unpaired) electrons. The highest BCUT2D eigenvalue weighted by molar-refractivity contribution is 5.83. The van der Waals surface area contributed by atoms with E-state index in [1.165, 1.54) is 12.8 Å². The molecule has 27 heavy (non-hydrogen) atoms. The number of hydrogen-bond acceptors (Lipinski definition) is 5. The lowest BCUT2D eigenvalue weighted by molar-refractivity contribution is -0.122. The SMILES string of the molecule is CCC(C(=O)NCCNc1cc(N2CCCC2)nc(C)n1)c1ccccc1. The third kappa shape index (κ3) is 5.18. The van der Waals surface area contributed by atoms with Crippen LogP contribution in [0.2, 0.25) is 0 Å². The van der Waals surface area contributed by atoms with E-state index in [1.807, 2.05) is 50.2 Å². The number of aromatic nitrogens is 2. The first-order chi connectivity index (χ1) is 13.2. The van der Waals surface area contributed by atoms with Crippen molar-refractivity contribution in [2.24, 2.45) is 0 Å². The average Bonchev–Trinajstić information content (AvgIpc) is 3.21. The molecule has 3 rings (SSSR count). The summed E-state index contributed by atoms with van der Waals surface area (Å²) in [5.74, 6) is 2.54. The highest BCUT2D eigenvalue weighted by Crippen LogP contribution is 2.21. The summed E-state index contributed by atoms with van der Waals surface area (Å²) in [5.41, 5.74) is 1.06. The van der Waals surface area contributed by atoms with E-state index in [0.717, 1.165) is 42.5 Å². The highest BCUT2D eigenvalue weighted by Gasteiger charge is 2.18. The van der Waals surface area contributed by atoms with Crippen molar-refractivity contribution in [2.45, 2.75) is 39.0 Å². The number of aryl methyl sites for hydroxylation is 1. The third-order valence-electron chi connectivity index (χ3n) is 4.91. The molecule has 2 N–H and O–H groups in total. The van der Waals surface area contributed by atoms with Gasteiger partial charge in [-0.05, 0) is 31.7 Å². The van der Waals surface area contributed by atoms with Crippen LogP contribution in [0.5, 0.6) is 0 Å². The van der Waals surface area contributed by atoms with Crippen molar-refractivity contribution in [1.82, 2.24) is 15.3 Å². The number of hydrogen-bond donors (Lipinski definition) is 2. The van der Waals surface area contributed by atoms with Gasteiger partial charge in [0.25, 0.3) is 0 Å². The Kier molecular flexibility index (Phi) is 6.63. The summed E-state index contributed by atoms with van der Waals surface area (Å²) in [5, 5.41) is 6.34. The van der Waals surface area contributed by atoms with E-state index in [2.05, 4.69) is 25.5 Å². The van der Waals surface area contributed by atoms with Crippen LogP contribution >= 0.6 is 0 Å². The number of anilines is 2. The van der Waals surface area contributed by atoms with Gasteiger partial charge in [0, 0.05) is 32.2 Å². The van der Waals surface area contributed by atoms with E-state index in [4.69, 9.17) is 0 Å². The first kappa shape index (κ1) is 19.1. The monoisotopic (exact) mass is 367 g/mol. The summed E-state index contributed by atoms with van der Waals surface area (Å²) in [6.45, 7) is 7.27. The van der Waals surface area contributed by atoms with Gasteiger partial charge in [-0.25, -0.2) is 9.97 Å². The van der Waals surface area contributed by atoms with E-state index in [0.29, 0.717) is 13.1 Å². The third-order valence-corrected chi connectivity index (χ3v) is 4.91. The van der Waals surface area contributed by atoms with Crippen LogP contribution < -0.4 is 15.5 Å². The molecule has 2 heterocycles. The summed E-state index contributed by atoms with van der Waals surface area (Å²) < 4.78 is 0. The van der Waals surface area contributed by atoms with Crippen molar-refractivity contribution in [3.63, 3.8) is 0 Å². The maximum atomic E-state index is 12.5. The zero-order chi connectivity index (χ0) is 19.1. The largest absolute Gasteiger partial charge is 0.368 e. The summed E-state index contributed by atoms with van der Waals surface area (Å²) in [7, 11) is 0. The molecule has 6 heteroatoms. The number of nitrogens with one attached hydrogen (secondary N) is 2. The van der Waals surface area contributed by atoms with Gasteiger partial charge >= 0.3 is 0 Å². The molecule has 144 valence electrons. The van der Waals surface area contributed by atoms with E-state index >= 15 is 0 Å². The van der Waals surface area contributed by atoms with Crippen LogP contribution in [0.1, 0.15) is 43.5 Å². The Balaban J connectivity index is 1.50. The van der Waals surface area contributed by atoms with Crippen LogP contribution in [0.3, 0.4) is 0 Å². The minimum absolute atomic E-state index is 0.0714. The van der Waals surface area contributed by atoms with Gasteiger partial charge in [-0.1, -0.05) is 37.3 Å². The molecule has 1 aromatic carbocycles. The number of carbonyl (C=O) groups excluding carboxylic acids is 1. The van der Waals surface area contributed by atoms with Crippen LogP contribution in [0.4, 0.5) is 11.6 Å². The molecule has 1 atom stereocenters. The Labute approximate surface area is 161 Å². The van der Waals surface area contributed by atoms with Gasteiger partial charge in [0.05, 0.1) is 5.92 Å². The molecule has 1 aromatic heterocycles. The van der Waals surface area contributed by atoms with E-state index < -0.39 is 0 Å². The summed E-state index contributed by atoms with van der Waals surface area (Å²) in [4.78, 5) is 23.8. The minimum atomic E-state index is -0.103. The topological polar surface area (TPSA) is 70.2 Å². The molecule has 6 nitrogen and oxygen atoms in total. The Morgan fingerprint density at radius 3 is 2.59 bits per heavy atom. The normalized spacial score (nSPS) is 14.8. The fourth-order valence-electron chi connectivity index (χ4n) is 3.51. The van der Waals surface area contributed by atoms with Crippen molar-refractivity contribution in [2.75, 3.05) is 36.4 Å². The predicted octanol–water partition coefficient (Wildman–Crippen LogP) is 3.11. The van der Waals surface area contributed by atoms with E-state index in [9.17, 15) is 4.79 Å². The van der Waals surface area contributed by atoms with Gasteiger partial charge in [0.15, 0.2) is 0 Å². The Morgan fingerprint density at radius 2 is 1.89 bits per heavy atom. The van der Waals surface area contributed by atoms with Gasteiger partial charge in [-0.15, -0.1) is 0 Å². The molecule has 0 saturated carbocycles. The van der Waals surface area contributed by atoms with Crippen LogP contribution in [-0.4, -0.2) is 42.1 Å². The second kappa shape index (κ2) is 9.35. The summed E-state index contributed by atoms with van der Waals surface area (Å²) >= 11 is 0. The number of benzene rings is 1. The van der Waals surface area contributed by atoms with Gasteiger partial charge < -0.3 is 15.5 Å². The highest BCUT2D eigenvalue weighted by atomic mass is 16.1. The van der Waals surface area contributed by atoms with Crippen molar-refractivity contribution >= 4 is 17.5 Å². The molecule has 0 spiro atoms. The maximum Gasteiger partial charge on any atom is 0.227 e. The number of nitrogens with zero attached hydrogens (tertiary/aromatic N) is 3. The van der Waals surface area contributed by atoms with Crippen LogP contribution in [0.25, 0.3) is 0 Å². The number of carbonyl (C=O) groups is 1. The van der Waals surface area contributed by atoms with Gasteiger partial charge in [-0.3, -0.25) is 4.79 Å². The van der Waals surface area contributed by atoms with Gasteiger partial charge in [-0.2, -0.15) is 0 Å². The van der Waals surface area contributed by atoms with Gasteiger partial charge in [0.2, 0.25) is 5.91 Å². The zero-order valence-electron chi connectivity index (χ0n) is 16.2. The fraction of sp³-hybridized carbons (Fsp3) is 0.476. The van der Waals surface area contributed by atoms with Crippen LogP contribution in [0, 0.1) is 6.92 Å². The van der Waals surface area contributed by atoms with Crippen molar-refractivity contribution < 1.29 is 4.79 Å². The van der Waals surface area contributed by atoms with Crippen molar-refractivity contribution in [1.29, 1.82) is 0 Å². The predicted molar refractivity (Wildman–Crippen MR) is 109 cm³/mol. The standard InChI is InChI=1S/C21H29N5O/c1-3-18(17-9-5-4-6-10-17)21(27)23-12-11-22-19-15-20(25-16(2)24-19)26-13-7-8-14-26/h4-6,9-10,15,18H,3,7-8,11-14H2,1-2H3,(H,23,27)(H,22,24,25). The minimum Gasteiger partial charge on any atom is -0.368 e. The second-order valence-corrected chi connectivity index (χ2v) is 6.94. The summed E-state index contributed by atoms with van der Waals surface area (Å²) in [6.07, 6.45) is 3.23. The molecule has 1 aliphatic rings. The molecular formula is C21H29N5O. The van der Waals surface area contributed by atoms with Crippen molar-refractivity contribution in [3.8, 4) is 0 Å². The lowest BCUT2D eigenvalue weighted by Gasteiger charge is -2.18. The molecule has 1 amide bonds. The van der Waals surface area contributed by atoms with E-state index in [-0.39, 0.29) is 11.8 Å². The Morgan fingerprint density at radius 1 is 1.15 bits per heavy atom. The quantitative estimate of drug-likeness (QED) is 0.702. The smallest absolute Gasteiger partial charge is 0.227 e. The molecule has 0 aliphatic carbocycles. The average molecular weight is 367 g/mol.